The zero-order valence-electron chi connectivity index (χ0n) is 10.4. The maximum atomic E-state index is 12.8. The molecular formula is C12H17FN2O2. The number of rotatable bonds is 2. The molecule has 4 nitrogen and oxygen atoms in total. The minimum Gasteiger partial charge on any atom is -0.465 e. The second kappa shape index (κ2) is 4.69. The van der Waals surface area contributed by atoms with E-state index in [2.05, 4.69) is 4.98 Å². The highest BCUT2D eigenvalue weighted by atomic mass is 19.1. The minimum atomic E-state index is -1.02. The van der Waals surface area contributed by atoms with Gasteiger partial charge in [0, 0.05) is 5.54 Å². The average molecular weight is 240 g/mol. The molecule has 0 spiro atoms. The Labute approximate surface area is 100 Å². The maximum Gasteiger partial charge on any atom is 0.408 e. The van der Waals surface area contributed by atoms with Crippen molar-refractivity contribution in [2.24, 2.45) is 0 Å². The predicted molar refractivity (Wildman–Crippen MR) is 62.2 cm³/mol. The quantitative estimate of drug-likeness (QED) is 0.864. The number of carboxylic acid groups (broad SMARTS) is 1. The van der Waals surface area contributed by atoms with Crippen molar-refractivity contribution in [3.8, 4) is 0 Å². The van der Waals surface area contributed by atoms with Crippen LogP contribution in [0.4, 0.5) is 9.18 Å². The summed E-state index contributed by atoms with van der Waals surface area (Å²) in [4.78, 5) is 16.5. The number of halogens is 1. The van der Waals surface area contributed by atoms with Gasteiger partial charge < -0.3 is 5.11 Å². The summed E-state index contributed by atoms with van der Waals surface area (Å²) in [5, 5.41) is 9.22. The molecule has 0 fully saturated rings. The summed E-state index contributed by atoms with van der Waals surface area (Å²) in [5.74, 6) is -0.432. The molecule has 0 radical (unpaired) electrons. The number of nitrogens with zero attached hydrogens (tertiary/aromatic N) is 2. The number of aromatic nitrogens is 1. The molecule has 0 saturated carbocycles. The van der Waals surface area contributed by atoms with Crippen LogP contribution in [-0.4, -0.2) is 26.6 Å². The molecule has 1 N–H and O–H groups in total. The SMILES string of the molecule is C[C@@H](c1ccc(F)cn1)N(C(=O)O)C(C)(C)C. The van der Waals surface area contributed by atoms with Gasteiger partial charge >= 0.3 is 6.09 Å². The van der Waals surface area contributed by atoms with Crippen molar-refractivity contribution < 1.29 is 14.3 Å². The van der Waals surface area contributed by atoms with Crippen LogP contribution in [0.25, 0.3) is 0 Å². The van der Waals surface area contributed by atoms with Crippen molar-refractivity contribution in [2.45, 2.75) is 39.3 Å². The Hall–Kier alpha value is -1.65. The monoisotopic (exact) mass is 240 g/mol. The second-order valence-electron chi connectivity index (χ2n) is 4.90. The third-order valence-electron chi connectivity index (χ3n) is 2.49. The standard InChI is InChI=1S/C12H17FN2O2/c1-8(10-6-5-9(13)7-14-10)15(11(16)17)12(2,3)4/h5-8H,1-4H3,(H,16,17)/t8-/m0/s1. The Balaban J connectivity index is 3.04. The smallest absolute Gasteiger partial charge is 0.408 e. The van der Waals surface area contributed by atoms with Gasteiger partial charge in [0.1, 0.15) is 5.82 Å². The second-order valence-corrected chi connectivity index (χ2v) is 4.90. The van der Waals surface area contributed by atoms with E-state index in [1.807, 2.05) is 0 Å². The van der Waals surface area contributed by atoms with Gasteiger partial charge in [0.2, 0.25) is 0 Å². The van der Waals surface area contributed by atoms with E-state index >= 15 is 0 Å². The fourth-order valence-electron chi connectivity index (χ4n) is 1.80. The van der Waals surface area contributed by atoms with E-state index in [1.54, 1.807) is 27.7 Å². The summed E-state index contributed by atoms with van der Waals surface area (Å²) >= 11 is 0. The van der Waals surface area contributed by atoms with Gasteiger partial charge in [-0.25, -0.2) is 9.18 Å². The fourth-order valence-corrected chi connectivity index (χ4v) is 1.80. The van der Waals surface area contributed by atoms with Gasteiger partial charge in [-0.3, -0.25) is 9.88 Å². The summed E-state index contributed by atoms with van der Waals surface area (Å²) < 4.78 is 12.8. The number of carbonyl (C=O) groups is 1. The lowest BCUT2D eigenvalue weighted by Crippen LogP contribution is -2.46. The zero-order chi connectivity index (χ0) is 13.2. The van der Waals surface area contributed by atoms with Crippen LogP contribution in [0.15, 0.2) is 18.3 Å². The summed E-state index contributed by atoms with van der Waals surface area (Å²) in [6.07, 6.45) is 0.0743. The first-order valence-corrected chi connectivity index (χ1v) is 5.37. The van der Waals surface area contributed by atoms with E-state index in [1.165, 1.54) is 17.0 Å². The Morgan fingerprint density at radius 1 is 1.47 bits per heavy atom. The van der Waals surface area contributed by atoms with Crippen LogP contribution < -0.4 is 0 Å². The van der Waals surface area contributed by atoms with Crippen molar-refractivity contribution >= 4 is 6.09 Å². The highest BCUT2D eigenvalue weighted by molar-refractivity contribution is 5.66. The highest BCUT2D eigenvalue weighted by Gasteiger charge is 2.32. The Morgan fingerprint density at radius 3 is 2.41 bits per heavy atom. The van der Waals surface area contributed by atoms with Crippen molar-refractivity contribution in [3.05, 3.63) is 29.8 Å². The molecule has 17 heavy (non-hydrogen) atoms. The van der Waals surface area contributed by atoms with E-state index in [0.29, 0.717) is 5.69 Å². The van der Waals surface area contributed by atoms with Crippen molar-refractivity contribution in [1.82, 2.24) is 9.88 Å². The number of hydrogen-bond donors (Lipinski definition) is 1. The van der Waals surface area contributed by atoms with Crippen molar-refractivity contribution in [1.29, 1.82) is 0 Å². The molecule has 0 saturated heterocycles. The van der Waals surface area contributed by atoms with Gasteiger partial charge in [0.15, 0.2) is 0 Å². The maximum absolute atomic E-state index is 12.8. The summed E-state index contributed by atoms with van der Waals surface area (Å²) in [6, 6.07) is 2.36. The van der Waals surface area contributed by atoms with Gasteiger partial charge in [-0.1, -0.05) is 0 Å². The van der Waals surface area contributed by atoms with Gasteiger partial charge in [-0.15, -0.1) is 0 Å². The molecule has 1 amide bonds. The molecule has 0 aliphatic rings. The summed E-state index contributed by atoms with van der Waals surface area (Å²) in [5.41, 5.74) is -0.00913. The molecular weight excluding hydrogens is 223 g/mol. The molecule has 94 valence electrons. The largest absolute Gasteiger partial charge is 0.465 e. The van der Waals surface area contributed by atoms with E-state index < -0.39 is 23.5 Å². The molecule has 5 heteroatoms. The third-order valence-corrected chi connectivity index (χ3v) is 2.49. The number of amides is 1. The van der Waals surface area contributed by atoms with Crippen LogP contribution >= 0.6 is 0 Å². The Bertz CT molecular complexity index is 398. The Kier molecular flexibility index (Phi) is 3.70. The number of hydrogen-bond acceptors (Lipinski definition) is 2. The molecule has 0 aliphatic heterocycles. The first-order valence-electron chi connectivity index (χ1n) is 5.37. The molecule has 1 aromatic heterocycles. The van der Waals surface area contributed by atoms with Gasteiger partial charge in [0.25, 0.3) is 0 Å². The first-order chi connectivity index (χ1) is 7.73. The molecule has 1 rings (SSSR count). The van der Waals surface area contributed by atoms with E-state index in [4.69, 9.17) is 0 Å². The molecule has 1 atom stereocenters. The lowest BCUT2D eigenvalue weighted by Gasteiger charge is -2.37. The normalized spacial score (nSPS) is 13.2. The Morgan fingerprint density at radius 2 is 2.06 bits per heavy atom. The predicted octanol–water partition coefficient (Wildman–Crippen LogP) is 3.06. The van der Waals surface area contributed by atoms with E-state index in [0.717, 1.165) is 6.20 Å². The van der Waals surface area contributed by atoms with Gasteiger partial charge in [0.05, 0.1) is 17.9 Å². The minimum absolute atomic E-state index is 0.423. The molecule has 0 aliphatic carbocycles. The first kappa shape index (κ1) is 13.4. The van der Waals surface area contributed by atoms with Crippen LogP contribution in [0.2, 0.25) is 0 Å². The summed E-state index contributed by atoms with van der Waals surface area (Å²) in [7, 11) is 0. The molecule has 0 unspecified atom stereocenters. The summed E-state index contributed by atoms with van der Waals surface area (Å²) in [6.45, 7) is 7.16. The molecule has 0 aromatic carbocycles. The molecule has 1 aromatic rings. The van der Waals surface area contributed by atoms with E-state index in [9.17, 15) is 14.3 Å². The van der Waals surface area contributed by atoms with E-state index in [-0.39, 0.29) is 0 Å². The van der Waals surface area contributed by atoms with Crippen LogP contribution in [0, 0.1) is 5.82 Å². The van der Waals surface area contributed by atoms with Crippen molar-refractivity contribution in [2.75, 3.05) is 0 Å². The van der Waals surface area contributed by atoms with Crippen LogP contribution in [0.3, 0.4) is 0 Å². The van der Waals surface area contributed by atoms with Crippen molar-refractivity contribution in [3.63, 3.8) is 0 Å². The highest BCUT2D eigenvalue weighted by Crippen LogP contribution is 2.26. The third kappa shape index (κ3) is 3.15. The fraction of sp³-hybridized carbons (Fsp3) is 0.500. The topological polar surface area (TPSA) is 53.4 Å². The average Bonchev–Trinajstić information content (AvgIpc) is 2.15. The molecule has 1 heterocycles. The lowest BCUT2D eigenvalue weighted by atomic mass is 10.0. The van der Waals surface area contributed by atoms with Gasteiger partial charge in [-0.2, -0.15) is 0 Å². The van der Waals surface area contributed by atoms with Crippen LogP contribution in [0.5, 0.6) is 0 Å². The van der Waals surface area contributed by atoms with Crippen LogP contribution in [-0.2, 0) is 0 Å². The van der Waals surface area contributed by atoms with Gasteiger partial charge in [-0.05, 0) is 39.8 Å². The number of pyridine rings is 1. The zero-order valence-corrected chi connectivity index (χ0v) is 10.4. The molecule has 0 bridgehead atoms. The lowest BCUT2D eigenvalue weighted by molar-refractivity contribution is 0.0740. The van der Waals surface area contributed by atoms with Crippen LogP contribution in [0.1, 0.15) is 39.4 Å².